The van der Waals surface area contributed by atoms with Crippen molar-refractivity contribution in [1.29, 1.82) is 0 Å². The van der Waals surface area contributed by atoms with E-state index in [0.29, 0.717) is 99.8 Å². The van der Waals surface area contributed by atoms with Crippen molar-refractivity contribution in [2.75, 3.05) is 26.0 Å². The minimum atomic E-state index is -0.551. The number of fused-ring (bicyclic) bond motifs is 2. The van der Waals surface area contributed by atoms with Gasteiger partial charge >= 0.3 is 0 Å². The molecule has 2 fully saturated rings. The van der Waals surface area contributed by atoms with Gasteiger partial charge in [-0.2, -0.15) is 20.1 Å². The third-order valence-corrected chi connectivity index (χ3v) is 17.3. The number of amidine groups is 2. The molecule has 490 valence electrons. The highest BCUT2D eigenvalue weighted by molar-refractivity contribution is 8.21. The van der Waals surface area contributed by atoms with E-state index in [1.165, 1.54) is 52.8 Å². The number of aromatic nitrogens is 6. The number of nitrogens with one attached hydrogen (secondary N) is 6. The fourth-order valence-electron chi connectivity index (χ4n) is 9.48. The van der Waals surface area contributed by atoms with E-state index in [4.69, 9.17) is 108 Å². The van der Waals surface area contributed by atoms with Crippen LogP contribution in [0.1, 0.15) is 69.7 Å². The lowest BCUT2D eigenvalue weighted by molar-refractivity contribution is -0.123. The molecular weight excluding hydrogens is 1440 g/mol. The summed E-state index contributed by atoms with van der Waals surface area (Å²) in [5.74, 6) is -0.545. The number of ether oxygens (including phenoxy) is 1. The number of hydrogen-bond acceptors (Lipinski definition) is 14. The SMILES string of the molecule is CC(=O)n1nnc2cc(C(=O)Nc3ccc(Cl)c(N=C4CC(=O)N(c5c(Cl)cc(Cl)cc5Cl)N4)c3)ccc21.CCC(Oc1ccc(C)cc1C)C(=O)Nc1ccccc1SCl.O=C(Nc1ccc(Cl)c(N=C2CC(=O)N(c3c(Cl)cc(Cl)cc3Cl)N2)c1)c1ccc2n[nH]nc2c1. The molecule has 2 aliphatic rings. The lowest BCUT2D eigenvalue weighted by Crippen LogP contribution is -2.36. The lowest BCUT2D eigenvalue weighted by Gasteiger charge is -2.19. The highest BCUT2D eigenvalue weighted by Gasteiger charge is 2.33. The van der Waals surface area contributed by atoms with Crippen LogP contribution in [0.2, 0.25) is 40.2 Å². The topological polar surface area (TPSA) is 275 Å². The summed E-state index contributed by atoms with van der Waals surface area (Å²) in [6.07, 6.45) is -0.0805. The van der Waals surface area contributed by atoms with Crippen LogP contribution in [-0.2, 0) is 14.4 Å². The van der Waals surface area contributed by atoms with Crippen LogP contribution >= 0.6 is 114 Å². The first-order valence-corrected chi connectivity index (χ1v) is 33.0. The third-order valence-electron chi connectivity index (χ3n) is 14.0. The van der Waals surface area contributed by atoms with Gasteiger partial charge in [0.2, 0.25) is 5.91 Å². The Morgan fingerprint density at radius 2 is 1.12 bits per heavy atom. The summed E-state index contributed by atoms with van der Waals surface area (Å²) in [6, 6.07) is 38.5. The number of aryl methyl sites for hydroxylation is 2. The number of carbonyl (C=O) groups excluding carboxylic acids is 6. The molecule has 1 unspecified atom stereocenters. The van der Waals surface area contributed by atoms with Crippen LogP contribution in [0.15, 0.2) is 154 Å². The maximum Gasteiger partial charge on any atom is 0.265 e. The summed E-state index contributed by atoms with van der Waals surface area (Å²) in [5.41, 5.74) is 13.6. The molecule has 5 amide bonds. The Balaban J connectivity index is 0.000000162. The summed E-state index contributed by atoms with van der Waals surface area (Å²) in [4.78, 5) is 84.7. The number of amides is 5. The van der Waals surface area contributed by atoms with Gasteiger partial charge < -0.3 is 20.7 Å². The number of anilines is 5. The van der Waals surface area contributed by atoms with Gasteiger partial charge in [0.25, 0.3) is 29.5 Å². The number of para-hydroxylation sites is 1. The molecule has 96 heavy (non-hydrogen) atoms. The Morgan fingerprint density at radius 1 is 0.604 bits per heavy atom. The van der Waals surface area contributed by atoms with Crippen LogP contribution in [0.5, 0.6) is 5.75 Å². The predicted molar refractivity (Wildman–Crippen MR) is 382 cm³/mol. The van der Waals surface area contributed by atoms with Gasteiger partial charge in [-0.05, 0) is 163 Å². The van der Waals surface area contributed by atoms with Crippen LogP contribution in [-0.4, -0.2) is 83.6 Å². The van der Waals surface area contributed by atoms with Crippen molar-refractivity contribution in [3.63, 3.8) is 0 Å². The zero-order valence-electron chi connectivity index (χ0n) is 50.2. The molecule has 2 aromatic heterocycles. The van der Waals surface area contributed by atoms with Gasteiger partial charge in [0.1, 0.15) is 45.3 Å². The molecule has 8 aromatic carbocycles. The molecule has 0 aliphatic carbocycles. The smallest absolute Gasteiger partial charge is 0.265 e. The molecule has 22 nitrogen and oxygen atoms in total. The molecule has 0 bridgehead atoms. The molecule has 32 heteroatoms. The average Bonchev–Trinajstić information content (AvgIpc) is 1.68. The molecule has 0 radical (unpaired) electrons. The van der Waals surface area contributed by atoms with Crippen molar-refractivity contribution < 1.29 is 33.5 Å². The fraction of sp³-hybridized carbons (Fsp3) is 0.125. The highest BCUT2D eigenvalue weighted by Crippen LogP contribution is 2.40. The molecule has 12 rings (SSSR count). The lowest BCUT2D eigenvalue weighted by atomic mass is 10.1. The van der Waals surface area contributed by atoms with Crippen LogP contribution in [0, 0.1) is 13.8 Å². The van der Waals surface area contributed by atoms with E-state index in [1.807, 2.05) is 63.2 Å². The van der Waals surface area contributed by atoms with Crippen molar-refractivity contribution in [3.8, 4) is 5.75 Å². The Morgan fingerprint density at radius 3 is 1.65 bits per heavy atom. The first-order chi connectivity index (χ1) is 45.9. The molecule has 1 atom stereocenters. The molecule has 2 aliphatic heterocycles. The zero-order valence-corrected chi connectivity index (χ0v) is 57.8. The second-order valence-electron chi connectivity index (χ2n) is 20.9. The molecule has 10 aromatic rings. The normalized spacial score (nSPS) is 13.8. The Hall–Kier alpha value is -8.72. The number of aliphatic imine (C=N–C) groups is 2. The minimum absolute atomic E-state index is 0.0418. The minimum Gasteiger partial charge on any atom is -0.480 e. The quantitative estimate of drug-likeness (QED) is 0.0591. The maximum absolute atomic E-state index is 12.9. The molecular formula is C64H48Cl9N15O7S. The van der Waals surface area contributed by atoms with Gasteiger partial charge in [0.15, 0.2) is 6.10 Å². The molecule has 0 saturated carbocycles. The molecule has 0 spiro atoms. The largest absolute Gasteiger partial charge is 0.480 e. The van der Waals surface area contributed by atoms with Gasteiger partial charge in [0, 0.05) is 44.4 Å². The number of carbonyl (C=O) groups is 6. The summed E-state index contributed by atoms with van der Waals surface area (Å²) in [5, 5.41) is 31.2. The Labute approximate surface area is 595 Å². The summed E-state index contributed by atoms with van der Waals surface area (Å²) < 4.78 is 7.06. The van der Waals surface area contributed by atoms with Crippen LogP contribution < -0.4 is 41.6 Å². The van der Waals surface area contributed by atoms with Crippen molar-refractivity contribution in [2.45, 2.75) is 58.0 Å². The molecule has 2 saturated heterocycles. The Bertz CT molecular complexity index is 4780. The number of H-pyrrole nitrogens is 1. The summed E-state index contributed by atoms with van der Waals surface area (Å²) in [6.45, 7) is 7.30. The predicted octanol–water partition coefficient (Wildman–Crippen LogP) is 17.1. The van der Waals surface area contributed by atoms with Crippen molar-refractivity contribution in [1.82, 2.24) is 41.3 Å². The van der Waals surface area contributed by atoms with Gasteiger partial charge in [0.05, 0.1) is 65.6 Å². The molecule has 4 heterocycles. The van der Waals surface area contributed by atoms with Gasteiger partial charge in [-0.15, -0.1) is 5.10 Å². The first kappa shape index (κ1) is 70.1. The van der Waals surface area contributed by atoms with Crippen LogP contribution in [0.3, 0.4) is 0 Å². The number of nitrogens with zero attached hydrogens (tertiary/aromatic N) is 9. The average molecular weight is 1490 g/mol. The second kappa shape index (κ2) is 31.0. The van der Waals surface area contributed by atoms with Gasteiger partial charge in [-0.3, -0.25) is 39.6 Å². The molecule has 6 N–H and O–H groups in total. The fourth-order valence-corrected chi connectivity index (χ4v) is 12.5. The van der Waals surface area contributed by atoms with E-state index >= 15 is 0 Å². The number of rotatable bonds is 14. The summed E-state index contributed by atoms with van der Waals surface area (Å²) in [7, 11) is 6.91. The van der Waals surface area contributed by atoms with E-state index in [2.05, 4.69) is 62.5 Å². The second-order valence-corrected chi connectivity index (χ2v) is 25.3. The number of benzene rings is 8. The highest BCUT2D eigenvalue weighted by atomic mass is 35.7. The van der Waals surface area contributed by atoms with Gasteiger partial charge in [-0.25, -0.2) is 20.0 Å². The zero-order chi connectivity index (χ0) is 68.6. The van der Waals surface area contributed by atoms with E-state index in [9.17, 15) is 28.8 Å². The number of hydrazine groups is 2. The number of aromatic amines is 1. The van der Waals surface area contributed by atoms with E-state index in [-0.39, 0.29) is 73.8 Å². The number of hydrogen-bond donors (Lipinski definition) is 6. The Kier molecular flexibility index (Phi) is 22.6. The van der Waals surface area contributed by atoms with Crippen molar-refractivity contribution >= 4 is 223 Å². The number of halogens is 9. The van der Waals surface area contributed by atoms with E-state index < -0.39 is 12.0 Å². The van der Waals surface area contributed by atoms with Gasteiger partial charge in [-0.1, -0.05) is 135 Å². The third kappa shape index (κ3) is 16.7. The van der Waals surface area contributed by atoms with Crippen molar-refractivity contribution in [2.24, 2.45) is 9.98 Å². The van der Waals surface area contributed by atoms with E-state index in [1.54, 1.807) is 66.7 Å². The van der Waals surface area contributed by atoms with Crippen molar-refractivity contribution in [3.05, 3.63) is 202 Å². The van der Waals surface area contributed by atoms with E-state index in [0.717, 1.165) is 31.9 Å². The standard InChI is InChI=1S/C24H15Cl4N7O3.C22H13Cl4N7O2.C18H20ClNO2S/c1-11(36)34-20-5-2-12(6-19(20)31-33-34)24(38)29-14-3-4-15(26)18(9-14)30-21-10-22(37)35(32-21)23-16(27)7-13(25)8-17(23)28;23-11-6-14(25)21(15(26)7-11)33-20(34)9-19(31-33)28-17-8-12(2-3-13(17)24)27-22(35)10-1-4-16-18(5-10)30-32-29-16;1-4-15(22-16-10-9-12(2)11-13(16)3)18(21)20-14-7-5-6-8-17(14)23-19/h2-9H,10H2,1H3,(H,29,38)(H,30,32);1-8H,9H2,(H,27,35)(H,28,31)(H,29,30,32);5-11,15H,4H2,1-3H3,(H,20,21). The first-order valence-electron chi connectivity index (χ1n) is 28.4. The summed E-state index contributed by atoms with van der Waals surface area (Å²) >= 11 is 49.6. The monoisotopic (exact) mass is 1490 g/mol. The van der Waals surface area contributed by atoms with Crippen LogP contribution in [0.25, 0.3) is 22.1 Å². The maximum atomic E-state index is 12.9. The van der Waals surface area contributed by atoms with Crippen LogP contribution in [0.4, 0.5) is 39.8 Å².